The number of halogens is 1. The van der Waals surface area contributed by atoms with Gasteiger partial charge in [-0.25, -0.2) is 0 Å². The van der Waals surface area contributed by atoms with Crippen molar-refractivity contribution < 1.29 is 9.47 Å². The van der Waals surface area contributed by atoms with Crippen molar-refractivity contribution >= 4 is 37.5 Å². The van der Waals surface area contributed by atoms with Gasteiger partial charge in [0.2, 0.25) is 0 Å². The fourth-order valence-electron chi connectivity index (χ4n) is 4.14. The van der Waals surface area contributed by atoms with E-state index < -0.39 is 0 Å². The average molecular weight is 486 g/mol. The molecule has 0 N–H and O–H groups in total. The first-order valence-electron chi connectivity index (χ1n) is 12.2. The van der Waals surface area contributed by atoms with Crippen LogP contribution in [0, 0.1) is 0 Å². The summed E-state index contributed by atoms with van der Waals surface area (Å²) < 4.78 is 13.9. The van der Waals surface area contributed by atoms with Crippen LogP contribution in [0.3, 0.4) is 0 Å². The third-order valence-electron chi connectivity index (χ3n) is 5.88. The number of ether oxygens (including phenoxy) is 2. The Morgan fingerprint density at radius 2 is 1.06 bits per heavy atom. The first kappa shape index (κ1) is 23.9. The first-order chi connectivity index (χ1) is 15.3. The van der Waals surface area contributed by atoms with Gasteiger partial charge >= 0.3 is 0 Å². The van der Waals surface area contributed by atoms with Gasteiger partial charge in [0.15, 0.2) is 0 Å². The van der Waals surface area contributed by atoms with Crippen molar-refractivity contribution in [2.45, 2.75) is 78.1 Å². The highest BCUT2D eigenvalue weighted by Crippen LogP contribution is 2.43. The van der Waals surface area contributed by atoms with Crippen LogP contribution >= 0.6 is 15.9 Å². The zero-order chi connectivity index (χ0) is 21.9. The van der Waals surface area contributed by atoms with Crippen molar-refractivity contribution in [3.63, 3.8) is 0 Å². The summed E-state index contributed by atoms with van der Waals surface area (Å²) in [4.78, 5) is 0. The third kappa shape index (κ3) is 6.62. The lowest BCUT2D eigenvalue weighted by Crippen LogP contribution is -2.02. The van der Waals surface area contributed by atoms with Crippen molar-refractivity contribution in [1.82, 2.24) is 0 Å². The molecule has 0 aliphatic rings. The largest absolute Gasteiger partial charge is 0.492 e. The van der Waals surface area contributed by atoms with Gasteiger partial charge in [-0.15, -0.1) is 0 Å². The highest BCUT2D eigenvalue weighted by Gasteiger charge is 2.16. The third-order valence-corrected chi connectivity index (χ3v) is 6.37. The predicted octanol–water partition coefficient (Wildman–Crippen LogP) is 9.45. The molecule has 0 aliphatic heterocycles. The molecule has 3 aromatic rings. The van der Waals surface area contributed by atoms with Gasteiger partial charge in [-0.3, -0.25) is 0 Å². The van der Waals surface area contributed by atoms with E-state index in [1.54, 1.807) is 0 Å². The van der Waals surface area contributed by atoms with Crippen LogP contribution in [0.4, 0.5) is 0 Å². The Hall–Kier alpha value is -1.74. The molecule has 0 saturated heterocycles. The summed E-state index contributed by atoms with van der Waals surface area (Å²) >= 11 is 3.66. The van der Waals surface area contributed by atoms with Crippen LogP contribution in [0.2, 0.25) is 0 Å². The minimum Gasteiger partial charge on any atom is -0.492 e. The SMILES string of the molecule is CCCCCCCOc1c2ccccc2c(OCCCCCCC)c2cc(Br)ccc12. The van der Waals surface area contributed by atoms with Crippen molar-refractivity contribution in [2.75, 3.05) is 13.2 Å². The van der Waals surface area contributed by atoms with E-state index in [2.05, 4.69) is 72.2 Å². The summed E-state index contributed by atoms with van der Waals surface area (Å²) in [6.07, 6.45) is 12.4. The van der Waals surface area contributed by atoms with E-state index in [0.29, 0.717) is 0 Å². The summed E-state index contributed by atoms with van der Waals surface area (Å²) in [6.45, 7) is 6.02. The number of hydrogen-bond acceptors (Lipinski definition) is 2. The normalized spacial score (nSPS) is 11.3. The van der Waals surface area contributed by atoms with Gasteiger partial charge in [0.05, 0.1) is 13.2 Å². The van der Waals surface area contributed by atoms with Gasteiger partial charge in [-0.05, 0) is 31.0 Å². The summed E-state index contributed by atoms with van der Waals surface area (Å²) in [5, 5.41) is 4.55. The molecule has 0 spiro atoms. The highest BCUT2D eigenvalue weighted by atomic mass is 79.9. The maximum absolute atomic E-state index is 6.42. The van der Waals surface area contributed by atoms with E-state index in [1.165, 1.54) is 51.4 Å². The molecule has 3 aromatic carbocycles. The molecule has 0 radical (unpaired) electrons. The molecule has 3 rings (SSSR count). The van der Waals surface area contributed by atoms with Crippen molar-refractivity contribution in [3.8, 4) is 11.5 Å². The maximum Gasteiger partial charge on any atom is 0.135 e. The van der Waals surface area contributed by atoms with Crippen LogP contribution in [0.1, 0.15) is 78.1 Å². The predicted molar refractivity (Wildman–Crippen MR) is 138 cm³/mol. The molecule has 2 nitrogen and oxygen atoms in total. The molecule has 31 heavy (non-hydrogen) atoms. The van der Waals surface area contributed by atoms with Crippen LogP contribution in [-0.2, 0) is 0 Å². The van der Waals surface area contributed by atoms with Gasteiger partial charge in [0.1, 0.15) is 11.5 Å². The Morgan fingerprint density at radius 1 is 0.581 bits per heavy atom. The van der Waals surface area contributed by atoms with Crippen LogP contribution in [0.5, 0.6) is 11.5 Å². The Kier molecular flexibility index (Phi) is 9.99. The topological polar surface area (TPSA) is 18.5 Å². The van der Waals surface area contributed by atoms with Crippen molar-refractivity contribution in [1.29, 1.82) is 0 Å². The Balaban J connectivity index is 1.86. The minimum atomic E-state index is 0.757. The van der Waals surface area contributed by atoms with Crippen LogP contribution < -0.4 is 9.47 Å². The summed E-state index contributed by atoms with van der Waals surface area (Å²) in [7, 11) is 0. The van der Waals surface area contributed by atoms with Crippen LogP contribution in [0.25, 0.3) is 21.5 Å². The molecular formula is C28H37BrO2. The number of rotatable bonds is 14. The van der Waals surface area contributed by atoms with E-state index in [9.17, 15) is 0 Å². The molecule has 168 valence electrons. The van der Waals surface area contributed by atoms with E-state index >= 15 is 0 Å². The van der Waals surface area contributed by atoms with Crippen LogP contribution in [-0.4, -0.2) is 13.2 Å². The molecule has 0 saturated carbocycles. The highest BCUT2D eigenvalue weighted by molar-refractivity contribution is 9.10. The monoisotopic (exact) mass is 484 g/mol. The summed E-state index contributed by atoms with van der Waals surface area (Å²) in [5.41, 5.74) is 0. The van der Waals surface area contributed by atoms with E-state index in [4.69, 9.17) is 9.47 Å². The fourth-order valence-corrected chi connectivity index (χ4v) is 4.50. The number of benzene rings is 3. The summed E-state index contributed by atoms with van der Waals surface area (Å²) in [6, 6.07) is 14.9. The van der Waals surface area contributed by atoms with Crippen molar-refractivity contribution in [2.24, 2.45) is 0 Å². The standard InChI is InChI=1S/C28H37BrO2/c1-3-5-7-9-13-19-30-27-23-15-11-12-16-24(23)28(31-20-14-10-8-6-4-2)26-21-22(29)17-18-25(26)27/h11-12,15-18,21H,3-10,13-14,19-20H2,1-2H3. The maximum atomic E-state index is 6.42. The zero-order valence-corrected chi connectivity index (χ0v) is 20.8. The minimum absolute atomic E-state index is 0.757. The molecule has 0 fully saturated rings. The molecule has 0 unspecified atom stereocenters. The molecule has 0 aromatic heterocycles. The van der Waals surface area contributed by atoms with E-state index in [0.717, 1.165) is 63.6 Å². The number of unbranched alkanes of at least 4 members (excludes halogenated alkanes) is 8. The van der Waals surface area contributed by atoms with Crippen LogP contribution in [0.15, 0.2) is 46.9 Å². The van der Waals surface area contributed by atoms with E-state index in [1.807, 2.05) is 0 Å². The summed E-state index contributed by atoms with van der Waals surface area (Å²) in [5.74, 6) is 1.97. The van der Waals surface area contributed by atoms with Crippen molar-refractivity contribution in [3.05, 3.63) is 46.9 Å². The first-order valence-corrected chi connectivity index (χ1v) is 12.9. The number of hydrogen-bond donors (Lipinski definition) is 0. The van der Waals surface area contributed by atoms with Gasteiger partial charge < -0.3 is 9.47 Å². The molecular weight excluding hydrogens is 448 g/mol. The smallest absolute Gasteiger partial charge is 0.135 e. The second kappa shape index (κ2) is 13.0. The lowest BCUT2D eigenvalue weighted by molar-refractivity contribution is 0.306. The molecule has 0 bridgehead atoms. The zero-order valence-electron chi connectivity index (χ0n) is 19.2. The van der Waals surface area contributed by atoms with Gasteiger partial charge in [-0.1, -0.05) is 105 Å². The van der Waals surface area contributed by atoms with Gasteiger partial charge in [-0.2, -0.15) is 0 Å². The second-order valence-electron chi connectivity index (χ2n) is 8.42. The molecule has 3 heteroatoms. The Labute approximate surface area is 196 Å². The molecule has 0 atom stereocenters. The lowest BCUT2D eigenvalue weighted by atomic mass is 10.0. The molecule has 0 heterocycles. The van der Waals surface area contributed by atoms with E-state index in [-0.39, 0.29) is 0 Å². The average Bonchev–Trinajstić information content (AvgIpc) is 2.79. The Bertz CT molecular complexity index is 951. The van der Waals surface area contributed by atoms with Gasteiger partial charge in [0.25, 0.3) is 0 Å². The Morgan fingerprint density at radius 3 is 1.61 bits per heavy atom. The number of fused-ring (bicyclic) bond motifs is 2. The van der Waals surface area contributed by atoms with Gasteiger partial charge in [0, 0.05) is 26.0 Å². The fraction of sp³-hybridized carbons (Fsp3) is 0.500. The quantitative estimate of drug-likeness (QED) is 0.167. The second-order valence-corrected chi connectivity index (χ2v) is 9.33. The molecule has 0 aliphatic carbocycles. The lowest BCUT2D eigenvalue weighted by Gasteiger charge is -2.18. The molecule has 0 amide bonds.